The van der Waals surface area contributed by atoms with Crippen LogP contribution in [0.25, 0.3) is 32.7 Å². The van der Waals surface area contributed by atoms with Crippen molar-refractivity contribution in [1.82, 2.24) is 0 Å². The summed E-state index contributed by atoms with van der Waals surface area (Å²) in [6.45, 7) is 4.42. The van der Waals surface area contributed by atoms with Gasteiger partial charge in [-0.1, -0.05) is 44.2 Å². The van der Waals surface area contributed by atoms with Gasteiger partial charge in [-0.05, 0) is 136 Å². The number of anilines is 3. The smallest absolute Gasteiger partial charge is 0.136 e. The highest BCUT2D eigenvalue weighted by Crippen LogP contribution is 2.51. The van der Waals surface area contributed by atoms with Crippen LogP contribution in [0.3, 0.4) is 0 Å². The first-order valence-corrected chi connectivity index (χ1v) is 18.2. The standard InChI is InChI=1S/C48H31F4N3O/c1-48(2)16-15-39-41(55(37-11-5-28(26-54)6-12-37)38-23-35(51)22-36(52)24-38)14-10-31-20-43-46(47(48)45(31)39)40-13-9-30(19-42(40)56-43)44(29-7-3-27(25-53)4-8-29)32-17-33(49)21-34(50)18-32/h3-14,17-24,44H,15-16H2,1-2H3. The third kappa shape index (κ3) is 5.82. The molecule has 1 aliphatic carbocycles. The van der Waals surface area contributed by atoms with Crippen LogP contribution in [-0.2, 0) is 11.8 Å². The lowest BCUT2D eigenvalue weighted by Crippen LogP contribution is -2.25. The molecule has 8 heteroatoms. The molecule has 0 bridgehead atoms. The van der Waals surface area contributed by atoms with Crippen molar-refractivity contribution in [3.63, 3.8) is 0 Å². The Balaban J connectivity index is 1.27. The molecule has 1 atom stereocenters. The van der Waals surface area contributed by atoms with Crippen LogP contribution in [0.15, 0.2) is 126 Å². The highest BCUT2D eigenvalue weighted by atomic mass is 19.1. The summed E-state index contributed by atoms with van der Waals surface area (Å²) in [5.74, 6) is -3.34. The van der Waals surface area contributed by atoms with Crippen molar-refractivity contribution < 1.29 is 22.0 Å². The van der Waals surface area contributed by atoms with Crippen molar-refractivity contribution in [2.75, 3.05) is 4.90 Å². The second-order valence-corrected chi connectivity index (χ2v) is 15.0. The van der Waals surface area contributed by atoms with Gasteiger partial charge in [-0.3, -0.25) is 0 Å². The Labute approximate surface area is 320 Å². The number of benzene rings is 7. The molecule has 0 radical (unpaired) electrons. The number of rotatable bonds is 6. The summed E-state index contributed by atoms with van der Waals surface area (Å²) < 4.78 is 65.6. The summed E-state index contributed by atoms with van der Waals surface area (Å²) in [6, 6.07) is 37.0. The van der Waals surface area contributed by atoms with Crippen LogP contribution in [0, 0.1) is 45.9 Å². The molecule has 0 fully saturated rings. The van der Waals surface area contributed by atoms with Gasteiger partial charge in [-0.2, -0.15) is 10.5 Å². The Kier molecular flexibility index (Phi) is 8.18. The molecule has 9 rings (SSSR count). The average Bonchev–Trinajstić information content (AvgIpc) is 3.53. The van der Waals surface area contributed by atoms with E-state index in [4.69, 9.17) is 4.42 Å². The summed E-state index contributed by atoms with van der Waals surface area (Å²) in [5, 5.41) is 22.7. The first kappa shape index (κ1) is 34.8. The maximum Gasteiger partial charge on any atom is 0.136 e. The number of nitriles is 2. The molecular weight excluding hydrogens is 711 g/mol. The van der Waals surface area contributed by atoms with Gasteiger partial charge in [0.1, 0.15) is 34.4 Å². The van der Waals surface area contributed by atoms with E-state index in [9.17, 15) is 28.1 Å². The van der Waals surface area contributed by atoms with E-state index < -0.39 is 29.2 Å². The highest BCUT2D eigenvalue weighted by Gasteiger charge is 2.35. The monoisotopic (exact) mass is 741 g/mol. The van der Waals surface area contributed by atoms with Gasteiger partial charge in [-0.15, -0.1) is 0 Å². The van der Waals surface area contributed by atoms with E-state index in [0.29, 0.717) is 45.7 Å². The molecule has 0 aliphatic heterocycles. The van der Waals surface area contributed by atoms with Crippen molar-refractivity contribution >= 4 is 49.8 Å². The molecule has 1 aliphatic rings. The number of nitrogens with zero attached hydrogens (tertiary/aromatic N) is 3. The van der Waals surface area contributed by atoms with Gasteiger partial charge >= 0.3 is 0 Å². The molecule has 1 unspecified atom stereocenters. The molecule has 56 heavy (non-hydrogen) atoms. The van der Waals surface area contributed by atoms with Crippen LogP contribution in [0.4, 0.5) is 34.6 Å². The zero-order valence-electron chi connectivity index (χ0n) is 30.3. The minimum Gasteiger partial charge on any atom is -0.456 e. The molecule has 0 amide bonds. The number of furan rings is 1. The summed E-state index contributed by atoms with van der Waals surface area (Å²) in [7, 11) is 0. The lowest BCUT2D eigenvalue weighted by molar-refractivity contribution is 0.478. The SMILES string of the molecule is CC1(C)CCc2c(N(c3ccc(C#N)cc3)c3cc(F)cc(F)c3)ccc3cc4oc5cc(C(c6ccc(C#N)cc6)c6cc(F)cc(F)c6)ccc5c4c1c23. The summed E-state index contributed by atoms with van der Waals surface area (Å²) >= 11 is 0. The molecule has 4 nitrogen and oxygen atoms in total. The molecule has 7 aromatic carbocycles. The molecule has 8 aromatic rings. The Bertz CT molecular complexity index is 2930. The second kappa shape index (κ2) is 13.1. The third-order valence-electron chi connectivity index (χ3n) is 11.1. The van der Waals surface area contributed by atoms with Gasteiger partial charge in [-0.25, -0.2) is 17.6 Å². The largest absolute Gasteiger partial charge is 0.456 e. The van der Waals surface area contributed by atoms with Crippen LogP contribution in [0.1, 0.15) is 65.1 Å². The van der Waals surface area contributed by atoms with E-state index in [1.54, 1.807) is 48.5 Å². The molecule has 1 aromatic heterocycles. The maximum atomic E-state index is 14.8. The normalized spacial score (nSPS) is 13.8. The lowest BCUT2D eigenvalue weighted by atomic mass is 9.70. The van der Waals surface area contributed by atoms with E-state index in [1.807, 2.05) is 41.3 Å². The molecule has 0 saturated carbocycles. The van der Waals surface area contributed by atoms with Gasteiger partial charge in [0, 0.05) is 40.2 Å². The Morgan fingerprint density at radius 3 is 1.86 bits per heavy atom. The maximum absolute atomic E-state index is 14.8. The van der Waals surface area contributed by atoms with E-state index in [-0.39, 0.29) is 5.41 Å². The summed E-state index contributed by atoms with van der Waals surface area (Å²) in [6.07, 6.45) is 1.47. The van der Waals surface area contributed by atoms with E-state index in [0.717, 1.165) is 68.0 Å². The number of hydrogen-bond donors (Lipinski definition) is 0. The predicted molar refractivity (Wildman–Crippen MR) is 210 cm³/mol. The summed E-state index contributed by atoms with van der Waals surface area (Å²) in [4.78, 5) is 1.84. The van der Waals surface area contributed by atoms with Gasteiger partial charge in [0.05, 0.1) is 29.0 Å². The van der Waals surface area contributed by atoms with Gasteiger partial charge in [0.25, 0.3) is 0 Å². The van der Waals surface area contributed by atoms with Crippen LogP contribution in [0.2, 0.25) is 0 Å². The van der Waals surface area contributed by atoms with Crippen molar-refractivity contribution in [2.45, 2.75) is 38.0 Å². The third-order valence-corrected chi connectivity index (χ3v) is 11.1. The Morgan fingerprint density at radius 2 is 1.21 bits per heavy atom. The lowest BCUT2D eigenvalue weighted by Gasteiger charge is -2.36. The van der Waals surface area contributed by atoms with Crippen molar-refractivity contribution in [3.8, 4) is 12.1 Å². The van der Waals surface area contributed by atoms with E-state index in [2.05, 4.69) is 26.0 Å². The molecule has 0 spiro atoms. The minimum atomic E-state index is -0.704. The van der Waals surface area contributed by atoms with Gasteiger partial charge in [0.15, 0.2) is 0 Å². The number of hydrogen-bond acceptors (Lipinski definition) is 4. The number of fused-ring (bicyclic) bond motifs is 4. The molecule has 1 heterocycles. The van der Waals surface area contributed by atoms with Gasteiger partial charge in [0.2, 0.25) is 0 Å². The van der Waals surface area contributed by atoms with Crippen LogP contribution in [-0.4, -0.2) is 0 Å². The number of aryl methyl sites for hydroxylation is 1. The number of halogens is 4. The van der Waals surface area contributed by atoms with Crippen molar-refractivity contribution in [3.05, 3.63) is 184 Å². The molecule has 0 saturated heterocycles. The summed E-state index contributed by atoms with van der Waals surface area (Å²) in [5.41, 5.74) is 7.72. The second-order valence-electron chi connectivity index (χ2n) is 15.0. The average molecular weight is 742 g/mol. The first-order valence-electron chi connectivity index (χ1n) is 18.2. The predicted octanol–water partition coefficient (Wildman–Crippen LogP) is 12.9. The van der Waals surface area contributed by atoms with E-state index >= 15 is 0 Å². The molecule has 272 valence electrons. The van der Waals surface area contributed by atoms with Gasteiger partial charge < -0.3 is 9.32 Å². The van der Waals surface area contributed by atoms with E-state index in [1.165, 1.54) is 24.3 Å². The minimum absolute atomic E-state index is 0.298. The zero-order valence-corrected chi connectivity index (χ0v) is 30.3. The first-order chi connectivity index (χ1) is 27.0. The van der Waals surface area contributed by atoms with Crippen molar-refractivity contribution in [1.29, 1.82) is 10.5 Å². The Hall–Kier alpha value is -6.90. The van der Waals surface area contributed by atoms with Crippen LogP contribution < -0.4 is 4.90 Å². The Morgan fingerprint density at radius 1 is 0.607 bits per heavy atom. The topological polar surface area (TPSA) is 64.0 Å². The molecule has 0 N–H and O–H groups in total. The highest BCUT2D eigenvalue weighted by molar-refractivity contribution is 6.15. The van der Waals surface area contributed by atoms with Crippen LogP contribution in [0.5, 0.6) is 0 Å². The fraction of sp³-hybridized carbons (Fsp3) is 0.125. The quantitative estimate of drug-likeness (QED) is 0.126. The zero-order chi connectivity index (χ0) is 38.9. The fourth-order valence-corrected chi connectivity index (χ4v) is 8.56. The fourth-order valence-electron chi connectivity index (χ4n) is 8.56. The van der Waals surface area contributed by atoms with Crippen molar-refractivity contribution in [2.24, 2.45) is 0 Å². The molecular formula is C48H31F4N3O. The van der Waals surface area contributed by atoms with Crippen LogP contribution >= 0.6 is 0 Å².